The summed E-state index contributed by atoms with van der Waals surface area (Å²) in [5, 5.41) is 4.02. The predicted octanol–water partition coefficient (Wildman–Crippen LogP) is 2.15. The van der Waals surface area contributed by atoms with Crippen LogP contribution in [0.4, 0.5) is 5.69 Å². The maximum atomic E-state index is 11.1. The molecule has 19 heavy (non-hydrogen) atoms. The van der Waals surface area contributed by atoms with Gasteiger partial charge in [-0.05, 0) is 37.6 Å². The molecular weight excluding hydrogens is 262 g/mol. The molecular formula is C14H22ClN3O. The van der Waals surface area contributed by atoms with Crippen LogP contribution in [0.2, 0.25) is 5.02 Å². The molecule has 0 unspecified atom stereocenters. The number of primary amides is 1. The molecule has 0 fully saturated rings. The van der Waals surface area contributed by atoms with Gasteiger partial charge in [-0.25, -0.2) is 0 Å². The third kappa shape index (κ3) is 5.09. The average molecular weight is 284 g/mol. The van der Waals surface area contributed by atoms with Crippen LogP contribution in [-0.2, 0) is 11.3 Å². The van der Waals surface area contributed by atoms with E-state index in [1.807, 2.05) is 30.0 Å². The van der Waals surface area contributed by atoms with Crippen LogP contribution in [0.3, 0.4) is 0 Å². The van der Waals surface area contributed by atoms with E-state index in [2.05, 4.69) is 12.2 Å². The minimum Gasteiger partial charge on any atom is -0.368 e. The molecule has 1 amide bonds. The van der Waals surface area contributed by atoms with E-state index in [4.69, 9.17) is 17.3 Å². The number of nitrogens with two attached hydrogens (primary N) is 1. The van der Waals surface area contributed by atoms with Crippen molar-refractivity contribution in [2.45, 2.75) is 26.8 Å². The first kappa shape index (κ1) is 15.8. The lowest BCUT2D eigenvalue weighted by Crippen LogP contribution is -2.34. The first-order valence-corrected chi connectivity index (χ1v) is 6.98. The van der Waals surface area contributed by atoms with Crippen LogP contribution in [0.15, 0.2) is 18.2 Å². The lowest BCUT2D eigenvalue weighted by atomic mass is 10.1. The third-order valence-corrected chi connectivity index (χ3v) is 3.09. The number of amides is 1. The molecule has 0 aliphatic carbocycles. The number of likely N-dealkylation sites (N-methyl/N-ethyl adjacent to an activating group) is 1. The molecule has 1 rings (SSSR count). The van der Waals surface area contributed by atoms with Gasteiger partial charge in [0.2, 0.25) is 5.91 Å². The van der Waals surface area contributed by atoms with Gasteiger partial charge in [0.25, 0.3) is 0 Å². The second-order valence-electron chi connectivity index (χ2n) is 4.43. The van der Waals surface area contributed by atoms with Gasteiger partial charge in [0.15, 0.2) is 0 Å². The van der Waals surface area contributed by atoms with Gasteiger partial charge in [-0.15, -0.1) is 0 Å². The summed E-state index contributed by atoms with van der Waals surface area (Å²) in [6, 6.07) is 5.74. The fourth-order valence-corrected chi connectivity index (χ4v) is 2.10. The maximum Gasteiger partial charge on any atom is 0.236 e. The van der Waals surface area contributed by atoms with Crippen LogP contribution < -0.4 is 16.0 Å². The number of carbonyl (C=O) groups excluding carboxylic acids is 1. The van der Waals surface area contributed by atoms with Crippen LogP contribution >= 0.6 is 11.6 Å². The Morgan fingerprint density at radius 1 is 1.42 bits per heavy atom. The van der Waals surface area contributed by atoms with Gasteiger partial charge in [0.05, 0.1) is 6.54 Å². The minimum absolute atomic E-state index is 0.206. The number of hydrogen-bond donors (Lipinski definition) is 2. The normalized spacial score (nSPS) is 10.5. The zero-order valence-electron chi connectivity index (χ0n) is 11.6. The fourth-order valence-electron chi connectivity index (χ4n) is 1.94. The molecule has 0 heterocycles. The number of rotatable bonds is 8. The van der Waals surface area contributed by atoms with Crippen molar-refractivity contribution in [2.75, 3.05) is 24.5 Å². The molecule has 1 aromatic carbocycles. The highest BCUT2D eigenvalue weighted by Crippen LogP contribution is 2.24. The SMILES string of the molecule is CCCNCc1ccc(Cl)cc1N(CC)CC(N)=O. The number of carbonyl (C=O) groups is 1. The van der Waals surface area contributed by atoms with E-state index in [1.54, 1.807) is 0 Å². The van der Waals surface area contributed by atoms with Gasteiger partial charge in [-0.1, -0.05) is 24.6 Å². The first-order valence-electron chi connectivity index (χ1n) is 6.60. The Morgan fingerprint density at radius 2 is 2.16 bits per heavy atom. The highest BCUT2D eigenvalue weighted by molar-refractivity contribution is 6.30. The van der Waals surface area contributed by atoms with Gasteiger partial charge in [-0.3, -0.25) is 4.79 Å². The highest BCUT2D eigenvalue weighted by Gasteiger charge is 2.12. The number of benzene rings is 1. The van der Waals surface area contributed by atoms with Gasteiger partial charge in [-0.2, -0.15) is 0 Å². The Balaban J connectivity index is 2.93. The summed E-state index contributed by atoms with van der Waals surface area (Å²) in [5.74, 6) is -0.339. The van der Waals surface area contributed by atoms with Crippen molar-refractivity contribution >= 4 is 23.2 Å². The summed E-state index contributed by atoms with van der Waals surface area (Å²) >= 11 is 6.05. The van der Waals surface area contributed by atoms with Crippen molar-refractivity contribution in [3.63, 3.8) is 0 Å². The van der Waals surface area contributed by atoms with E-state index in [9.17, 15) is 4.79 Å². The van der Waals surface area contributed by atoms with Crippen molar-refractivity contribution < 1.29 is 4.79 Å². The zero-order valence-corrected chi connectivity index (χ0v) is 12.3. The molecule has 4 nitrogen and oxygen atoms in total. The molecule has 1 aromatic rings. The van der Waals surface area contributed by atoms with Gasteiger partial charge in [0.1, 0.15) is 0 Å². The third-order valence-electron chi connectivity index (χ3n) is 2.86. The second-order valence-corrected chi connectivity index (χ2v) is 4.87. The van der Waals surface area contributed by atoms with E-state index < -0.39 is 0 Å². The summed E-state index contributed by atoms with van der Waals surface area (Å²) in [7, 11) is 0. The average Bonchev–Trinajstić information content (AvgIpc) is 2.37. The number of nitrogens with one attached hydrogen (secondary N) is 1. The zero-order chi connectivity index (χ0) is 14.3. The molecule has 0 saturated heterocycles. The minimum atomic E-state index is -0.339. The highest BCUT2D eigenvalue weighted by atomic mass is 35.5. The molecule has 0 aromatic heterocycles. The molecule has 0 radical (unpaired) electrons. The summed E-state index contributed by atoms with van der Waals surface area (Å²) in [6.07, 6.45) is 1.09. The predicted molar refractivity (Wildman–Crippen MR) is 80.5 cm³/mol. The molecule has 0 aliphatic rings. The summed E-state index contributed by atoms with van der Waals surface area (Å²) in [6.45, 7) is 6.76. The van der Waals surface area contributed by atoms with E-state index in [-0.39, 0.29) is 12.5 Å². The summed E-state index contributed by atoms with van der Waals surface area (Å²) in [5.41, 5.74) is 7.38. The summed E-state index contributed by atoms with van der Waals surface area (Å²) < 4.78 is 0. The number of anilines is 1. The lowest BCUT2D eigenvalue weighted by molar-refractivity contribution is -0.116. The van der Waals surface area contributed by atoms with Crippen molar-refractivity contribution in [3.8, 4) is 0 Å². The second kappa shape index (κ2) is 8.02. The quantitative estimate of drug-likeness (QED) is 0.719. The topological polar surface area (TPSA) is 58.4 Å². The van der Waals surface area contributed by atoms with E-state index in [0.29, 0.717) is 11.6 Å². The Morgan fingerprint density at radius 3 is 2.74 bits per heavy atom. The van der Waals surface area contributed by atoms with E-state index in [0.717, 1.165) is 30.8 Å². The van der Waals surface area contributed by atoms with Crippen molar-refractivity contribution in [1.29, 1.82) is 0 Å². The van der Waals surface area contributed by atoms with Crippen LogP contribution in [-0.4, -0.2) is 25.5 Å². The standard InChI is InChI=1S/C14H22ClN3O/c1-3-7-17-9-11-5-6-12(15)8-13(11)18(4-2)10-14(16)19/h5-6,8,17H,3-4,7,9-10H2,1-2H3,(H2,16,19). The first-order chi connectivity index (χ1) is 9.08. The smallest absolute Gasteiger partial charge is 0.236 e. The van der Waals surface area contributed by atoms with Gasteiger partial charge < -0.3 is 16.0 Å². The Bertz CT molecular complexity index is 423. The molecule has 3 N–H and O–H groups in total. The molecule has 0 spiro atoms. The van der Waals surface area contributed by atoms with Crippen molar-refractivity contribution in [3.05, 3.63) is 28.8 Å². The van der Waals surface area contributed by atoms with Crippen LogP contribution in [0, 0.1) is 0 Å². The van der Waals surface area contributed by atoms with Crippen LogP contribution in [0.25, 0.3) is 0 Å². The Kier molecular flexibility index (Phi) is 6.67. The van der Waals surface area contributed by atoms with Crippen LogP contribution in [0.5, 0.6) is 0 Å². The largest absolute Gasteiger partial charge is 0.368 e. The number of nitrogens with zero attached hydrogens (tertiary/aromatic N) is 1. The molecule has 0 bridgehead atoms. The van der Waals surface area contributed by atoms with Crippen molar-refractivity contribution in [2.24, 2.45) is 5.73 Å². The molecule has 5 heteroatoms. The lowest BCUT2D eigenvalue weighted by Gasteiger charge is -2.24. The fraction of sp³-hybridized carbons (Fsp3) is 0.500. The van der Waals surface area contributed by atoms with E-state index >= 15 is 0 Å². The van der Waals surface area contributed by atoms with E-state index in [1.165, 1.54) is 0 Å². The van der Waals surface area contributed by atoms with Gasteiger partial charge in [0, 0.05) is 23.8 Å². The Hall–Kier alpha value is -1.26. The maximum absolute atomic E-state index is 11.1. The van der Waals surface area contributed by atoms with Crippen molar-refractivity contribution in [1.82, 2.24) is 5.32 Å². The van der Waals surface area contributed by atoms with Crippen LogP contribution in [0.1, 0.15) is 25.8 Å². The Labute approximate surface area is 119 Å². The molecule has 0 atom stereocenters. The number of halogens is 1. The molecule has 106 valence electrons. The van der Waals surface area contributed by atoms with Gasteiger partial charge >= 0.3 is 0 Å². The monoisotopic (exact) mass is 283 g/mol. The number of hydrogen-bond acceptors (Lipinski definition) is 3. The molecule has 0 aliphatic heterocycles. The summed E-state index contributed by atoms with van der Waals surface area (Å²) in [4.78, 5) is 13.1. The molecule has 0 saturated carbocycles.